The van der Waals surface area contributed by atoms with Crippen molar-refractivity contribution in [3.8, 4) is 16.3 Å². The summed E-state index contributed by atoms with van der Waals surface area (Å²) < 4.78 is 5.67. The number of nitrogens with one attached hydrogen (secondary N) is 1. The van der Waals surface area contributed by atoms with Gasteiger partial charge in [-0.1, -0.05) is 54.6 Å². The molecule has 8 heteroatoms. The summed E-state index contributed by atoms with van der Waals surface area (Å²) in [5, 5.41) is 12.8. The number of fused-ring (bicyclic) bond motifs is 1. The third kappa shape index (κ3) is 4.19. The third-order valence-corrected chi connectivity index (χ3v) is 8.00. The number of H-pyrrole nitrogens is 1. The van der Waals surface area contributed by atoms with Gasteiger partial charge in [0, 0.05) is 40.0 Å². The molecular formula is C31H25N3O4S. The number of rotatable bonds is 7. The molecule has 0 aliphatic carbocycles. The van der Waals surface area contributed by atoms with Crippen LogP contribution in [0.1, 0.15) is 33.9 Å². The molecule has 0 saturated heterocycles. The van der Waals surface area contributed by atoms with Crippen LogP contribution in [-0.4, -0.2) is 33.4 Å². The van der Waals surface area contributed by atoms with Crippen molar-refractivity contribution in [1.82, 2.24) is 9.97 Å². The van der Waals surface area contributed by atoms with E-state index in [1.807, 2.05) is 61.5 Å². The second-order valence-electron chi connectivity index (χ2n) is 9.19. The maximum atomic E-state index is 14.2. The molecule has 3 aromatic carbocycles. The predicted octanol–water partition coefficient (Wildman–Crippen LogP) is 6.78. The Morgan fingerprint density at radius 2 is 1.85 bits per heavy atom. The number of anilines is 1. The molecule has 0 saturated carbocycles. The number of amides is 1. The van der Waals surface area contributed by atoms with Crippen LogP contribution in [0, 0.1) is 6.92 Å². The van der Waals surface area contributed by atoms with Crippen molar-refractivity contribution >= 4 is 39.6 Å². The summed E-state index contributed by atoms with van der Waals surface area (Å²) in [5.41, 5.74) is 3.55. The van der Waals surface area contributed by atoms with E-state index < -0.39 is 23.5 Å². The highest BCUT2D eigenvalue weighted by Crippen LogP contribution is 2.45. The van der Waals surface area contributed by atoms with Gasteiger partial charge in [-0.25, -0.2) is 4.98 Å². The normalized spacial score (nSPS) is 15.4. The number of ether oxygens (including phenoxy) is 1. The predicted molar refractivity (Wildman–Crippen MR) is 152 cm³/mol. The number of hydrogen-bond acceptors (Lipinski definition) is 6. The lowest BCUT2D eigenvalue weighted by Gasteiger charge is -2.26. The zero-order valence-corrected chi connectivity index (χ0v) is 22.2. The first-order valence-corrected chi connectivity index (χ1v) is 13.4. The second kappa shape index (κ2) is 9.89. The number of thiazole rings is 1. The van der Waals surface area contributed by atoms with Gasteiger partial charge in [-0.15, -0.1) is 11.3 Å². The SMILES string of the molecule is CCOc1cccc(N2C(=O)C(O)=C(C(=O)c3sc(-c4ccccc4)nc3C)C2c2c[nH]c3ccccc23)c1. The number of aliphatic hydroxyl groups is 1. The maximum Gasteiger partial charge on any atom is 0.294 e. The molecule has 0 fully saturated rings. The van der Waals surface area contributed by atoms with Crippen LogP contribution in [0.3, 0.4) is 0 Å². The molecule has 1 aliphatic rings. The number of aromatic amines is 1. The molecular weight excluding hydrogens is 510 g/mol. The number of ketones is 1. The summed E-state index contributed by atoms with van der Waals surface area (Å²) in [7, 11) is 0. The van der Waals surface area contributed by atoms with Gasteiger partial charge in [-0.2, -0.15) is 0 Å². The number of para-hydroxylation sites is 1. The highest BCUT2D eigenvalue weighted by molar-refractivity contribution is 7.17. The van der Waals surface area contributed by atoms with E-state index in [0.717, 1.165) is 16.5 Å². The topological polar surface area (TPSA) is 95.5 Å². The Morgan fingerprint density at radius 3 is 2.64 bits per heavy atom. The van der Waals surface area contributed by atoms with E-state index in [0.29, 0.717) is 39.2 Å². The number of carbonyl (C=O) groups is 2. The monoisotopic (exact) mass is 535 g/mol. The summed E-state index contributed by atoms with van der Waals surface area (Å²) in [6, 6.07) is 23.6. The van der Waals surface area contributed by atoms with Gasteiger partial charge in [-0.05, 0) is 32.0 Å². The average molecular weight is 536 g/mol. The van der Waals surface area contributed by atoms with Crippen molar-refractivity contribution in [2.45, 2.75) is 19.9 Å². The van der Waals surface area contributed by atoms with Crippen LogP contribution in [0.2, 0.25) is 0 Å². The standard InChI is InChI=1S/C31H25N3O4S/c1-3-38-21-13-9-12-20(16-21)34-26(23-17-32-24-15-8-7-14-22(23)24)25(28(36)31(34)37)27(35)29-18(2)33-30(39-29)19-10-5-4-6-11-19/h4-17,26,32,36H,3H2,1-2H3. The van der Waals surface area contributed by atoms with E-state index in [1.54, 1.807) is 37.4 Å². The van der Waals surface area contributed by atoms with E-state index >= 15 is 0 Å². The van der Waals surface area contributed by atoms with E-state index in [1.165, 1.54) is 16.2 Å². The number of aliphatic hydroxyl groups excluding tert-OH is 1. The van der Waals surface area contributed by atoms with Crippen LogP contribution in [-0.2, 0) is 4.79 Å². The van der Waals surface area contributed by atoms with Crippen LogP contribution < -0.4 is 9.64 Å². The number of Topliss-reactive ketones (excluding diaryl/α,β-unsaturated/α-hetero) is 1. The molecule has 194 valence electrons. The number of hydrogen-bond donors (Lipinski definition) is 2. The van der Waals surface area contributed by atoms with Gasteiger partial charge in [0.05, 0.1) is 28.8 Å². The molecule has 0 bridgehead atoms. The molecule has 1 amide bonds. The Balaban J connectivity index is 1.51. The minimum atomic E-state index is -0.861. The second-order valence-corrected chi connectivity index (χ2v) is 10.2. The van der Waals surface area contributed by atoms with Crippen molar-refractivity contribution in [2.75, 3.05) is 11.5 Å². The number of aryl methyl sites for hydroxylation is 1. The highest BCUT2D eigenvalue weighted by atomic mass is 32.1. The maximum absolute atomic E-state index is 14.2. The lowest BCUT2D eigenvalue weighted by molar-refractivity contribution is -0.117. The fourth-order valence-corrected chi connectivity index (χ4v) is 6.07. The van der Waals surface area contributed by atoms with Crippen LogP contribution in [0.15, 0.2) is 96.4 Å². The van der Waals surface area contributed by atoms with E-state index in [4.69, 9.17) is 4.74 Å². The number of carbonyl (C=O) groups excluding carboxylic acids is 2. The van der Waals surface area contributed by atoms with Crippen LogP contribution in [0.25, 0.3) is 21.5 Å². The minimum Gasteiger partial charge on any atom is -0.503 e. The molecule has 0 radical (unpaired) electrons. The first kappa shape index (κ1) is 24.6. The van der Waals surface area contributed by atoms with Crippen molar-refractivity contribution in [3.05, 3.63) is 113 Å². The summed E-state index contributed by atoms with van der Waals surface area (Å²) in [6.07, 6.45) is 1.79. The molecule has 1 unspecified atom stereocenters. The quantitative estimate of drug-likeness (QED) is 0.224. The Morgan fingerprint density at radius 1 is 1.08 bits per heavy atom. The number of nitrogens with zero attached hydrogens (tertiary/aromatic N) is 2. The van der Waals surface area contributed by atoms with Crippen molar-refractivity contribution in [3.63, 3.8) is 0 Å². The summed E-state index contributed by atoms with van der Waals surface area (Å²) in [5.74, 6) is -1.04. The van der Waals surface area contributed by atoms with Gasteiger partial charge < -0.3 is 14.8 Å². The summed E-state index contributed by atoms with van der Waals surface area (Å²) >= 11 is 1.26. The van der Waals surface area contributed by atoms with Gasteiger partial charge in [0.15, 0.2) is 5.76 Å². The minimum absolute atomic E-state index is 0.0259. The molecule has 0 spiro atoms. The van der Waals surface area contributed by atoms with Crippen molar-refractivity contribution in [2.24, 2.45) is 0 Å². The Hall–Kier alpha value is -4.69. The molecule has 2 N–H and O–H groups in total. The Kier molecular flexibility index (Phi) is 6.24. The average Bonchev–Trinajstić information content (AvgIpc) is 3.63. The fraction of sp³-hybridized carbons (Fsp3) is 0.129. The first-order valence-electron chi connectivity index (χ1n) is 12.6. The number of aromatic nitrogens is 2. The smallest absolute Gasteiger partial charge is 0.294 e. The molecule has 3 heterocycles. The highest BCUT2D eigenvalue weighted by Gasteiger charge is 2.46. The Labute approximate surface area is 229 Å². The van der Waals surface area contributed by atoms with Crippen LogP contribution in [0.5, 0.6) is 5.75 Å². The summed E-state index contributed by atoms with van der Waals surface area (Å²) in [4.78, 5) is 37.6. The Bertz CT molecular complexity index is 1750. The molecule has 1 atom stereocenters. The molecule has 39 heavy (non-hydrogen) atoms. The first-order chi connectivity index (χ1) is 19.0. The molecule has 6 rings (SSSR count). The lowest BCUT2D eigenvalue weighted by atomic mass is 9.94. The zero-order chi connectivity index (χ0) is 27.1. The molecule has 7 nitrogen and oxygen atoms in total. The van der Waals surface area contributed by atoms with Crippen LogP contribution >= 0.6 is 11.3 Å². The molecule has 1 aliphatic heterocycles. The van der Waals surface area contributed by atoms with Gasteiger partial charge >= 0.3 is 0 Å². The van der Waals surface area contributed by atoms with Gasteiger partial charge in [0.1, 0.15) is 10.8 Å². The van der Waals surface area contributed by atoms with Crippen molar-refractivity contribution < 1.29 is 19.4 Å². The lowest BCUT2D eigenvalue weighted by Crippen LogP contribution is -2.31. The van der Waals surface area contributed by atoms with Gasteiger partial charge in [-0.3, -0.25) is 14.5 Å². The van der Waals surface area contributed by atoms with Gasteiger partial charge in [0.25, 0.3) is 5.91 Å². The number of benzene rings is 3. The molecule has 2 aromatic heterocycles. The van der Waals surface area contributed by atoms with Gasteiger partial charge in [0.2, 0.25) is 5.78 Å². The summed E-state index contributed by atoms with van der Waals surface area (Å²) in [6.45, 7) is 4.12. The zero-order valence-electron chi connectivity index (χ0n) is 21.3. The van der Waals surface area contributed by atoms with E-state index in [9.17, 15) is 14.7 Å². The van der Waals surface area contributed by atoms with E-state index in [-0.39, 0.29) is 5.57 Å². The third-order valence-electron chi connectivity index (χ3n) is 6.80. The van der Waals surface area contributed by atoms with Crippen molar-refractivity contribution in [1.29, 1.82) is 0 Å². The van der Waals surface area contributed by atoms with E-state index in [2.05, 4.69) is 9.97 Å². The van der Waals surface area contributed by atoms with Crippen LogP contribution in [0.4, 0.5) is 5.69 Å². The molecule has 5 aromatic rings. The fourth-order valence-electron chi connectivity index (χ4n) is 5.04. The largest absolute Gasteiger partial charge is 0.503 e.